The highest BCUT2D eigenvalue weighted by molar-refractivity contribution is 6.02. The number of carbonyl (C=O) groups is 2. The third-order valence-corrected chi connectivity index (χ3v) is 1.83. The molecule has 1 aromatic rings. The van der Waals surface area contributed by atoms with E-state index >= 15 is 0 Å². The fourth-order valence-electron chi connectivity index (χ4n) is 1.21. The summed E-state index contributed by atoms with van der Waals surface area (Å²) >= 11 is 0. The highest BCUT2D eigenvalue weighted by Gasteiger charge is 2.15. The monoisotopic (exact) mass is 211 g/mol. The van der Waals surface area contributed by atoms with E-state index in [0.717, 1.165) is 0 Å². The second-order valence-corrected chi connectivity index (χ2v) is 2.93. The van der Waals surface area contributed by atoms with Crippen molar-refractivity contribution in [3.05, 3.63) is 17.3 Å². The molecule has 0 spiro atoms. The molecule has 0 aromatic carbocycles. The van der Waals surface area contributed by atoms with Crippen LogP contribution >= 0.6 is 0 Å². The third-order valence-electron chi connectivity index (χ3n) is 1.83. The number of nitrogens with one attached hydrogen (secondary N) is 2. The lowest BCUT2D eigenvalue weighted by Gasteiger charge is -2.04. The SMILES string of the molecule is CCOC(=O)Nc1[nH]cc(C)c1C(N)=O. The van der Waals surface area contributed by atoms with Gasteiger partial charge in [-0.2, -0.15) is 0 Å². The molecule has 0 atom stereocenters. The Balaban J connectivity index is 2.86. The van der Waals surface area contributed by atoms with Gasteiger partial charge in [-0.05, 0) is 19.4 Å². The largest absolute Gasteiger partial charge is 0.450 e. The van der Waals surface area contributed by atoms with Gasteiger partial charge in [0.05, 0.1) is 12.2 Å². The minimum atomic E-state index is -0.623. The summed E-state index contributed by atoms with van der Waals surface area (Å²) in [6.07, 6.45) is 0.962. The van der Waals surface area contributed by atoms with Crippen molar-refractivity contribution in [1.29, 1.82) is 0 Å². The number of primary amides is 1. The molecular weight excluding hydrogens is 198 g/mol. The normalized spacial score (nSPS) is 9.73. The molecule has 0 saturated carbocycles. The topological polar surface area (TPSA) is 97.2 Å². The summed E-state index contributed by atoms with van der Waals surface area (Å²) in [6.45, 7) is 3.67. The van der Waals surface area contributed by atoms with Crippen molar-refractivity contribution < 1.29 is 14.3 Å². The first kappa shape index (κ1) is 11.1. The molecule has 6 nitrogen and oxygen atoms in total. The maximum absolute atomic E-state index is 11.1. The molecule has 0 fully saturated rings. The molecule has 1 rings (SSSR count). The Morgan fingerprint density at radius 2 is 2.27 bits per heavy atom. The molecule has 0 saturated heterocycles. The second kappa shape index (κ2) is 4.50. The molecule has 0 unspecified atom stereocenters. The molecule has 0 aliphatic heterocycles. The minimum absolute atomic E-state index is 0.261. The van der Waals surface area contributed by atoms with E-state index in [4.69, 9.17) is 5.73 Å². The highest BCUT2D eigenvalue weighted by Crippen LogP contribution is 2.17. The van der Waals surface area contributed by atoms with Crippen LogP contribution in [0.25, 0.3) is 0 Å². The number of anilines is 1. The lowest BCUT2D eigenvalue weighted by Crippen LogP contribution is -2.18. The molecule has 1 aromatic heterocycles. The van der Waals surface area contributed by atoms with Crippen LogP contribution in [0.2, 0.25) is 0 Å². The highest BCUT2D eigenvalue weighted by atomic mass is 16.5. The summed E-state index contributed by atoms with van der Waals surface area (Å²) < 4.78 is 4.67. The van der Waals surface area contributed by atoms with E-state index in [1.807, 2.05) is 0 Å². The van der Waals surface area contributed by atoms with E-state index in [9.17, 15) is 9.59 Å². The third kappa shape index (κ3) is 2.49. The molecule has 6 heteroatoms. The van der Waals surface area contributed by atoms with Gasteiger partial charge in [0, 0.05) is 6.20 Å². The maximum Gasteiger partial charge on any atom is 0.412 e. The zero-order valence-electron chi connectivity index (χ0n) is 8.59. The van der Waals surface area contributed by atoms with E-state index in [1.165, 1.54) is 0 Å². The van der Waals surface area contributed by atoms with Crippen LogP contribution < -0.4 is 11.1 Å². The van der Waals surface area contributed by atoms with E-state index < -0.39 is 12.0 Å². The van der Waals surface area contributed by atoms with Crippen molar-refractivity contribution in [2.24, 2.45) is 5.73 Å². The van der Waals surface area contributed by atoms with Crippen LogP contribution in [-0.4, -0.2) is 23.6 Å². The van der Waals surface area contributed by atoms with Crippen molar-refractivity contribution in [2.75, 3.05) is 11.9 Å². The average Bonchev–Trinajstić information content (AvgIpc) is 2.47. The number of rotatable bonds is 3. The predicted octanol–water partition coefficient (Wildman–Crippen LogP) is 0.990. The van der Waals surface area contributed by atoms with Crippen molar-refractivity contribution in [3.63, 3.8) is 0 Å². The zero-order chi connectivity index (χ0) is 11.4. The molecule has 0 aliphatic rings. The number of carbonyl (C=O) groups excluding carboxylic acids is 2. The van der Waals surface area contributed by atoms with Crippen LogP contribution in [0.5, 0.6) is 0 Å². The number of H-pyrrole nitrogens is 1. The smallest absolute Gasteiger partial charge is 0.412 e. The summed E-state index contributed by atoms with van der Waals surface area (Å²) in [4.78, 5) is 24.9. The first-order valence-corrected chi connectivity index (χ1v) is 4.47. The lowest BCUT2D eigenvalue weighted by atomic mass is 10.2. The van der Waals surface area contributed by atoms with Crippen LogP contribution in [-0.2, 0) is 4.74 Å². The number of hydrogen-bond acceptors (Lipinski definition) is 3. The molecule has 15 heavy (non-hydrogen) atoms. The first-order valence-electron chi connectivity index (χ1n) is 4.47. The molecule has 0 radical (unpaired) electrons. The van der Waals surface area contributed by atoms with Crippen LogP contribution in [0, 0.1) is 6.92 Å². The Bertz CT molecular complexity index is 384. The second-order valence-electron chi connectivity index (χ2n) is 2.93. The fourth-order valence-corrected chi connectivity index (χ4v) is 1.21. The van der Waals surface area contributed by atoms with Gasteiger partial charge in [-0.3, -0.25) is 10.1 Å². The van der Waals surface area contributed by atoms with Gasteiger partial charge < -0.3 is 15.5 Å². The molecule has 0 aliphatic carbocycles. The van der Waals surface area contributed by atoms with Crippen molar-refractivity contribution >= 4 is 17.8 Å². The van der Waals surface area contributed by atoms with Crippen LogP contribution in [0.15, 0.2) is 6.20 Å². The van der Waals surface area contributed by atoms with Gasteiger partial charge in [0.1, 0.15) is 5.82 Å². The van der Waals surface area contributed by atoms with Crippen LogP contribution in [0.3, 0.4) is 0 Å². The predicted molar refractivity (Wildman–Crippen MR) is 54.7 cm³/mol. The molecule has 2 amide bonds. The van der Waals surface area contributed by atoms with Crippen molar-refractivity contribution in [3.8, 4) is 0 Å². The first-order chi connectivity index (χ1) is 7.06. The number of aryl methyl sites for hydroxylation is 1. The van der Waals surface area contributed by atoms with E-state index in [1.54, 1.807) is 20.0 Å². The quantitative estimate of drug-likeness (QED) is 0.695. The minimum Gasteiger partial charge on any atom is -0.450 e. The van der Waals surface area contributed by atoms with Crippen molar-refractivity contribution in [2.45, 2.75) is 13.8 Å². The Labute approximate surface area is 86.8 Å². The maximum atomic E-state index is 11.1. The number of aromatic amines is 1. The zero-order valence-corrected chi connectivity index (χ0v) is 8.59. The number of ether oxygens (including phenoxy) is 1. The molecular formula is C9H13N3O3. The number of aromatic nitrogens is 1. The van der Waals surface area contributed by atoms with E-state index in [-0.39, 0.29) is 18.0 Å². The summed E-state index contributed by atoms with van der Waals surface area (Å²) in [5.74, 6) is -0.334. The van der Waals surface area contributed by atoms with Crippen LogP contribution in [0.4, 0.5) is 10.6 Å². The Morgan fingerprint density at radius 3 is 2.80 bits per heavy atom. The average molecular weight is 211 g/mol. The van der Waals surface area contributed by atoms with Gasteiger partial charge in [0.15, 0.2) is 0 Å². The summed E-state index contributed by atoms with van der Waals surface area (Å²) in [5, 5.41) is 2.40. The fraction of sp³-hybridized carbons (Fsp3) is 0.333. The van der Waals surface area contributed by atoms with E-state index in [0.29, 0.717) is 5.56 Å². The Morgan fingerprint density at radius 1 is 1.60 bits per heavy atom. The van der Waals surface area contributed by atoms with Gasteiger partial charge in [0.25, 0.3) is 5.91 Å². The van der Waals surface area contributed by atoms with Gasteiger partial charge in [0.2, 0.25) is 0 Å². The van der Waals surface area contributed by atoms with Gasteiger partial charge in [-0.15, -0.1) is 0 Å². The molecule has 0 bridgehead atoms. The number of hydrogen-bond donors (Lipinski definition) is 3. The summed E-state index contributed by atoms with van der Waals surface area (Å²) in [6, 6.07) is 0. The van der Waals surface area contributed by atoms with E-state index in [2.05, 4.69) is 15.0 Å². The van der Waals surface area contributed by atoms with Crippen LogP contribution in [0.1, 0.15) is 22.8 Å². The molecule has 4 N–H and O–H groups in total. The molecule has 1 heterocycles. The van der Waals surface area contributed by atoms with Gasteiger partial charge in [-0.25, -0.2) is 4.79 Å². The molecule has 82 valence electrons. The number of nitrogens with two attached hydrogens (primary N) is 1. The summed E-state index contributed by atoms with van der Waals surface area (Å²) in [5.41, 5.74) is 6.10. The van der Waals surface area contributed by atoms with Gasteiger partial charge >= 0.3 is 6.09 Å². The van der Waals surface area contributed by atoms with Gasteiger partial charge in [-0.1, -0.05) is 0 Å². The number of amides is 2. The Kier molecular flexibility index (Phi) is 3.33. The lowest BCUT2D eigenvalue weighted by molar-refractivity contribution is 0.100. The summed E-state index contributed by atoms with van der Waals surface area (Å²) in [7, 11) is 0. The van der Waals surface area contributed by atoms with Crippen molar-refractivity contribution in [1.82, 2.24) is 4.98 Å². The Hall–Kier alpha value is -1.98. The standard InChI is InChI=1S/C9H13N3O3/c1-3-15-9(14)12-8-6(7(10)13)5(2)4-11-8/h4,11H,3H2,1-2H3,(H2,10,13)(H,12,14).